The fraction of sp³-hybridized carbons (Fsp3) is 0.0192. The van der Waals surface area contributed by atoms with Crippen molar-refractivity contribution in [1.29, 1.82) is 0 Å². The maximum atomic E-state index is 5.48. The average molecular weight is 687 g/mol. The second-order valence-corrected chi connectivity index (χ2v) is 14.3. The standard InChI is InChI=1S/C52H34N2/c1-4-16-35(17-5-1)37-28-31-48-45(32-37)44(36-18-6-2-7-19-36)34-51(53-48)54-49-27-15-12-24-42(49)43-30-29-39(33-50(43)54)52(38-20-8-3-9-21-38)46-25-13-10-22-40(46)41-23-11-14-26-47(41)52/h1-34H. The summed E-state index contributed by atoms with van der Waals surface area (Å²) in [6, 6.07) is 75.1. The fourth-order valence-electron chi connectivity index (χ4n) is 9.16. The van der Waals surface area contributed by atoms with Gasteiger partial charge in [-0.05, 0) is 86.0 Å². The van der Waals surface area contributed by atoms with Gasteiger partial charge in [-0.15, -0.1) is 0 Å². The lowest BCUT2D eigenvalue weighted by molar-refractivity contribution is 0.769. The molecule has 0 aliphatic heterocycles. The van der Waals surface area contributed by atoms with Crippen LogP contribution in [-0.4, -0.2) is 9.55 Å². The third-order valence-corrected chi connectivity index (χ3v) is 11.5. The number of aromatic nitrogens is 2. The first-order valence-corrected chi connectivity index (χ1v) is 18.6. The Balaban J connectivity index is 1.22. The summed E-state index contributed by atoms with van der Waals surface area (Å²) in [4.78, 5) is 5.48. The molecule has 2 heteroatoms. The van der Waals surface area contributed by atoms with Crippen molar-refractivity contribution in [2.24, 2.45) is 0 Å². The molecule has 0 radical (unpaired) electrons. The van der Waals surface area contributed by atoms with Crippen molar-refractivity contribution in [3.63, 3.8) is 0 Å². The van der Waals surface area contributed by atoms with Gasteiger partial charge < -0.3 is 0 Å². The van der Waals surface area contributed by atoms with Crippen LogP contribution >= 0.6 is 0 Å². The van der Waals surface area contributed by atoms with Crippen LogP contribution in [0, 0.1) is 0 Å². The number of para-hydroxylation sites is 1. The summed E-state index contributed by atoms with van der Waals surface area (Å²) in [5.74, 6) is 0.901. The molecule has 2 heterocycles. The summed E-state index contributed by atoms with van der Waals surface area (Å²) in [5.41, 5.74) is 15.1. The Bertz CT molecular complexity index is 2990. The Morgan fingerprint density at radius 3 is 1.67 bits per heavy atom. The van der Waals surface area contributed by atoms with Crippen LogP contribution in [0.4, 0.5) is 0 Å². The van der Waals surface area contributed by atoms with Crippen molar-refractivity contribution in [3.05, 3.63) is 229 Å². The molecule has 0 spiro atoms. The zero-order valence-electron chi connectivity index (χ0n) is 29.5. The van der Waals surface area contributed by atoms with Crippen molar-refractivity contribution in [2.45, 2.75) is 5.41 Å². The quantitative estimate of drug-likeness (QED) is 0.176. The molecule has 0 saturated carbocycles. The van der Waals surface area contributed by atoms with Crippen molar-refractivity contribution < 1.29 is 0 Å². The van der Waals surface area contributed by atoms with Gasteiger partial charge in [0.1, 0.15) is 5.82 Å². The third-order valence-electron chi connectivity index (χ3n) is 11.5. The van der Waals surface area contributed by atoms with Crippen molar-refractivity contribution >= 4 is 32.7 Å². The molecule has 252 valence electrons. The summed E-state index contributed by atoms with van der Waals surface area (Å²) >= 11 is 0. The van der Waals surface area contributed by atoms with E-state index in [1.807, 2.05) is 0 Å². The minimum atomic E-state index is -0.496. The Morgan fingerprint density at radius 1 is 0.352 bits per heavy atom. The van der Waals surface area contributed by atoms with Gasteiger partial charge in [0.25, 0.3) is 0 Å². The molecule has 2 nitrogen and oxygen atoms in total. The molecule has 11 rings (SSSR count). The lowest BCUT2D eigenvalue weighted by atomic mass is 9.67. The van der Waals surface area contributed by atoms with Gasteiger partial charge in [0.05, 0.1) is 22.0 Å². The van der Waals surface area contributed by atoms with Crippen LogP contribution in [0.2, 0.25) is 0 Å². The number of rotatable bonds is 5. The zero-order chi connectivity index (χ0) is 35.6. The molecular weight excluding hydrogens is 653 g/mol. The highest BCUT2D eigenvalue weighted by Crippen LogP contribution is 2.56. The smallest absolute Gasteiger partial charge is 0.138 e. The normalized spacial score (nSPS) is 13.0. The van der Waals surface area contributed by atoms with E-state index in [-0.39, 0.29) is 0 Å². The Kier molecular flexibility index (Phi) is 6.80. The number of hydrogen-bond acceptors (Lipinski definition) is 1. The molecule has 2 aromatic heterocycles. The van der Waals surface area contributed by atoms with E-state index in [0.717, 1.165) is 33.3 Å². The Morgan fingerprint density at radius 2 is 0.944 bits per heavy atom. The summed E-state index contributed by atoms with van der Waals surface area (Å²) in [6.45, 7) is 0. The molecule has 0 bridgehead atoms. The number of nitrogens with zero attached hydrogens (tertiary/aromatic N) is 2. The maximum absolute atomic E-state index is 5.48. The second-order valence-electron chi connectivity index (χ2n) is 14.3. The van der Waals surface area contributed by atoms with Crippen LogP contribution in [0.5, 0.6) is 0 Å². The van der Waals surface area contributed by atoms with E-state index < -0.39 is 5.41 Å². The van der Waals surface area contributed by atoms with Gasteiger partial charge in [0, 0.05) is 16.2 Å². The van der Waals surface area contributed by atoms with Gasteiger partial charge >= 0.3 is 0 Å². The van der Waals surface area contributed by atoms with Crippen molar-refractivity contribution in [2.75, 3.05) is 0 Å². The maximum Gasteiger partial charge on any atom is 0.138 e. The van der Waals surface area contributed by atoms with Crippen LogP contribution in [0.1, 0.15) is 22.3 Å². The Hall–Kier alpha value is -7.03. The van der Waals surface area contributed by atoms with Crippen LogP contribution < -0.4 is 0 Å². The molecule has 1 aliphatic rings. The van der Waals surface area contributed by atoms with Gasteiger partial charge in [0.2, 0.25) is 0 Å². The van der Waals surface area contributed by atoms with E-state index in [9.17, 15) is 0 Å². The first kappa shape index (κ1) is 30.6. The minimum Gasteiger partial charge on any atom is -0.294 e. The monoisotopic (exact) mass is 686 g/mol. The van der Waals surface area contributed by atoms with Crippen molar-refractivity contribution in [3.8, 4) is 39.2 Å². The topological polar surface area (TPSA) is 17.8 Å². The zero-order valence-corrected chi connectivity index (χ0v) is 29.5. The van der Waals surface area contributed by atoms with Crippen LogP contribution in [0.15, 0.2) is 206 Å². The molecule has 0 N–H and O–H groups in total. The van der Waals surface area contributed by atoms with Gasteiger partial charge in [-0.2, -0.15) is 0 Å². The largest absolute Gasteiger partial charge is 0.294 e. The SMILES string of the molecule is c1ccc(-c2ccc3nc(-n4c5ccccc5c5ccc(C6(c7ccccc7)c7ccccc7-c7ccccc76)cc54)cc(-c4ccccc4)c3c2)cc1. The van der Waals surface area contributed by atoms with E-state index in [0.29, 0.717) is 0 Å². The predicted molar refractivity (Wildman–Crippen MR) is 224 cm³/mol. The molecule has 0 atom stereocenters. The molecule has 0 fully saturated rings. The van der Waals surface area contributed by atoms with Crippen LogP contribution in [0.25, 0.3) is 71.9 Å². The summed E-state index contributed by atoms with van der Waals surface area (Å²) < 4.78 is 2.39. The molecule has 54 heavy (non-hydrogen) atoms. The minimum absolute atomic E-state index is 0.496. The highest BCUT2D eigenvalue weighted by atomic mass is 15.1. The van der Waals surface area contributed by atoms with E-state index in [2.05, 4.69) is 211 Å². The number of fused-ring (bicyclic) bond motifs is 7. The van der Waals surface area contributed by atoms with Gasteiger partial charge in [-0.1, -0.05) is 176 Å². The highest BCUT2D eigenvalue weighted by molar-refractivity contribution is 6.10. The molecule has 0 saturated heterocycles. The van der Waals surface area contributed by atoms with E-state index in [1.165, 1.54) is 60.8 Å². The number of benzene rings is 8. The van der Waals surface area contributed by atoms with E-state index in [4.69, 9.17) is 4.98 Å². The molecule has 1 aliphatic carbocycles. The fourth-order valence-corrected chi connectivity index (χ4v) is 9.16. The molecule has 10 aromatic rings. The first-order valence-electron chi connectivity index (χ1n) is 18.6. The molecule has 0 amide bonds. The van der Waals surface area contributed by atoms with E-state index in [1.54, 1.807) is 0 Å². The first-order chi connectivity index (χ1) is 26.8. The summed E-state index contributed by atoms with van der Waals surface area (Å²) in [5, 5.41) is 3.55. The van der Waals surface area contributed by atoms with Gasteiger partial charge in [-0.25, -0.2) is 4.98 Å². The van der Waals surface area contributed by atoms with Gasteiger partial charge in [-0.3, -0.25) is 4.57 Å². The summed E-state index contributed by atoms with van der Waals surface area (Å²) in [7, 11) is 0. The lowest BCUT2D eigenvalue weighted by Gasteiger charge is -2.34. The Labute approximate surface area is 314 Å². The van der Waals surface area contributed by atoms with Gasteiger partial charge in [0.15, 0.2) is 0 Å². The summed E-state index contributed by atoms with van der Waals surface area (Å²) in [6.07, 6.45) is 0. The number of hydrogen-bond donors (Lipinski definition) is 0. The van der Waals surface area contributed by atoms with Crippen molar-refractivity contribution in [1.82, 2.24) is 9.55 Å². The predicted octanol–water partition coefficient (Wildman–Crippen LogP) is 13.0. The lowest BCUT2D eigenvalue weighted by Crippen LogP contribution is -2.28. The second kappa shape index (κ2) is 12.0. The molecule has 0 unspecified atom stereocenters. The van der Waals surface area contributed by atoms with Crippen LogP contribution in [-0.2, 0) is 5.41 Å². The molecular formula is C52H34N2. The van der Waals surface area contributed by atoms with E-state index >= 15 is 0 Å². The third kappa shape index (κ3) is 4.44. The average Bonchev–Trinajstić information content (AvgIpc) is 3.74. The van der Waals surface area contributed by atoms with Crippen LogP contribution in [0.3, 0.4) is 0 Å². The molecule has 8 aromatic carbocycles. The highest BCUT2D eigenvalue weighted by Gasteiger charge is 2.46. The number of pyridine rings is 1.